The Labute approximate surface area is 111 Å². The molecule has 0 radical (unpaired) electrons. The summed E-state index contributed by atoms with van der Waals surface area (Å²) in [6.45, 7) is 4.54. The Bertz CT molecular complexity index is 503. The van der Waals surface area contributed by atoms with Gasteiger partial charge in [0.05, 0.1) is 0 Å². The van der Waals surface area contributed by atoms with Crippen LogP contribution in [0.4, 0.5) is 5.82 Å². The molecule has 7 nitrogen and oxygen atoms in total. The maximum absolute atomic E-state index is 12.0. The smallest absolute Gasteiger partial charge is 0.274 e. The van der Waals surface area contributed by atoms with Crippen LogP contribution in [-0.2, 0) is 4.79 Å². The molecule has 2 heterocycles. The lowest BCUT2D eigenvalue weighted by atomic mass is 10.2. The van der Waals surface area contributed by atoms with E-state index >= 15 is 0 Å². The summed E-state index contributed by atoms with van der Waals surface area (Å²) >= 11 is 0. The molecule has 2 rings (SSSR count). The fraction of sp³-hybridized carbons (Fsp3) is 0.500. The Morgan fingerprint density at radius 1 is 1.47 bits per heavy atom. The van der Waals surface area contributed by atoms with Gasteiger partial charge >= 0.3 is 0 Å². The normalized spacial score (nSPS) is 19.0. The monoisotopic (exact) mass is 263 g/mol. The zero-order valence-corrected chi connectivity index (χ0v) is 11.0. The van der Waals surface area contributed by atoms with E-state index in [1.165, 1.54) is 12.4 Å². The molecule has 3 N–H and O–H groups in total. The van der Waals surface area contributed by atoms with Gasteiger partial charge in [-0.1, -0.05) is 0 Å². The average Bonchev–Trinajstić information content (AvgIpc) is 2.71. The number of rotatable bonds is 3. The molecule has 19 heavy (non-hydrogen) atoms. The number of nitrogens with two attached hydrogens (primary N) is 1. The highest BCUT2D eigenvalue weighted by Crippen LogP contribution is 2.15. The summed E-state index contributed by atoms with van der Waals surface area (Å²) in [7, 11) is 0. The molecule has 2 amide bonds. The molecule has 7 heteroatoms. The Kier molecular flexibility index (Phi) is 3.64. The van der Waals surface area contributed by atoms with Crippen LogP contribution in [0.15, 0.2) is 12.4 Å². The van der Waals surface area contributed by atoms with Crippen LogP contribution in [0.2, 0.25) is 0 Å². The summed E-state index contributed by atoms with van der Waals surface area (Å²) in [5.74, 6) is -0.466. The lowest BCUT2D eigenvalue weighted by molar-refractivity contribution is -0.130. The maximum atomic E-state index is 12.0. The summed E-state index contributed by atoms with van der Waals surface area (Å²) < 4.78 is 0. The van der Waals surface area contributed by atoms with Crippen LogP contribution in [0.3, 0.4) is 0 Å². The van der Waals surface area contributed by atoms with E-state index < -0.39 is 11.9 Å². The minimum atomic E-state index is -0.503. The van der Waals surface area contributed by atoms with Crippen molar-refractivity contribution in [1.29, 1.82) is 0 Å². The predicted molar refractivity (Wildman–Crippen MR) is 69.2 cm³/mol. The van der Waals surface area contributed by atoms with Crippen molar-refractivity contribution >= 4 is 17.6 Å². The molecule has 1 aromatic heterocycles. The highest BCUT2D eigenvalue weighted by atomic mass is 16.2. The number of nitrogens with zero attached hydrogens (tertiary/aromatic N) is 3. The molecule has 1 aromatic rings. The Morgan fingerprint density at radius 3 is 2.74 bits per heavy atom. The van der Waals surface area contributed by atoms with Gasteiger partial charge < -0.3 is 16.0 Å². The van der Waals surface area contributed by atoms with Crippen LogP contribution in [0.1, 0.15) is 30.8 Å². The Morgan fingerprint density at radius 2 is 2.16 bits per heavy atom. The van der Waals surface area contributed by atoms with Gasteiger partial charge in [0.15, 0.2) is 11.5 Å². The number of nitrogen functional groups attached to an aromatic ring is 1. The molecule has 1 fully saturated rings. The zero-order chi connectivity index (χ0) is 14.0. The largest absolute Gasteiger partial charge is 0.382 e. The third-order valence-corrected chi connectivity index (χ3v) is 3.11. The number of hydrogen-bond donors (Lipinski definition) is 2. The fourth-order valence-electron chi connectivity index (χ4n) is 2.10. The number of anilines is 1. The Hall–Kier alpha value is -2.18. The highest BCUT2D eigenvalue weighted by molar-refractivity contribution is 5.99. The van der Waals surface area contributed by atoms with E-state index in [0.717, 1.165) is 0 Å². The van der Waals surface area contributed by atoms with E-state index in [0.29, 0.717) is 13.0 Å². The van der Waals surface area contributed by atoms with Crippen molar-refractivity contribution in [2.75, 3.05) is 12.3 Å². The first-order chi connectivity index (χ1) is 9.00. The van der Waals surface area contributed by atoms with Gasteiger partial charge in [-0.05, 0) is 20.3 Å². The molecule has 0 spiro atoms. The zero-order valence-electron chi connectivity index (χ0n) is 11.0. The van der Waals surface area contributed by atoms with Gasteiger partial charge in [-0.15, -0.1) is 0 Å². The second-order valence-electron chi connectivity index (χ2n) is 4.73. The molecule has 1 saturated heterocycles. The molecule has 1 aliphatic heterocycles. The van der Waals surface area contributed by atoms with Crippen LogP contribution >= 0.6 is 0 Å². The van der Waals surface area contributed by atoms with E-state index in [4.69, 9.17) is 5.73 Å². The number of nitrogens with one attached hydrogen (secondary N) is 1. The second kappa shape index (κ2) is 5.21. The van der Waals surface area contributed by atoms with Crippen LogP contribution < -0.4 is 11.1 Å². The van der Waals surface area contributed by atoms with Crippen molar-refractivity contribution in [3.8, 4) is 0 Å². The molecule has 0 saturated carbocycles. The van der Waals surface area contributed by atoms with Gasteiger partial charge in [0.1, 0.15) is 6.04 Å². The van der Waals surface area contributed by atoms with E-state index in [9.17, 15) is 9.59 Å². The minimum absolute atomic E-state index is 0.0540. The van der Waals surface area contributed by atoms with E-state index in [2.05, 4.69) is 15.3 Å². The van der Waals surface area contributed by atoms with Crippen molar-refractivity contribution in [3.63, 3.8) is 0 Å². The lowest BCUT2D eigenvalue weighted by Crippen LogP contribution is -2.43. The third-order valence-electron chi connectivity index (χ3n) is 3.11. The number of carbonyl (C=O) groups is 2. The SMILES string of the molecule is CC(C)N1CCC(NC(=O)c2nccnc2N)C1=O. The molecule has 102 valence electrons. The highest BCUT2D eigenvalue weighted by Gasteiger charge is 2.34. The van der Waals surface area contributed by atoms with Crippen LogP contribution in [0, 0.1) is 0 Å². The number of likely N-dealkylation sites (tertiary alicyclic amines) is 1. The molecular weight excluding hydrogens is 246 g/mol. The summed E-state index contributed by atoms with van der Waals surface area (Å²) in [6, 6.07) is -0.368. The van der Waals surface area contributed by atoms with Crippen LogP contribution in [-0.4, -0.2) is 45.3 Å². The van der Waals surface area contributed by atoms with Crippen LogP contribution in [0.25, 0.3) is 0 Å². The quantitative estimate of drug-likeness (QED) is 0.786. The predicted octanol–water partition coefficient (Wildman–Crippen LogP) is -0.202. The van der Waals surface area contributed by atoms with Gasteiger partial charge in [0.2, 0.25) is 5.91 Å². The van der Waals surface area contributed by atoms with E-state index in [-0.39, 0.29) is 23.5 Å². The Balaban J connectivity index is 2.05. The van der Waals surface area contributed by atoms with Crippen LogP contribution in [0.5, 0.6) is 0 Å². The molecule has 1 unspecified atom stereocenters. The number of carbonyl (C=O) groups excluding carboxylic acids is 2. The molecule has 0 aromatic carbocycles. The summed E-state index contributed by atoms with van der Waals surface area (Å²) in [4.78, 5) is 33.4. The second-order valence-corrected chi connectivity index (χ2v) is 4.73. The first-order valence-corrected chi connectivity index (χ1v) is 6.18. The van der Waals surface area contributed by atoms with E-state index in [1.807, 2.05) is 13.8 Å². The summed E-state index contributed by atoms with van der Waals surface area (Å²) in [6.07, 6.45) is 3.40. The lowest BCUT2D eigenvalue weighted by Gasteiger charge is -2.21. The first kappa shape index (κ1) is 13.3. The standard InChI is InChI=1S/C12H17N5O2/c1-7(2)17-6-3-8(12(17)19)16-11(18)9-10(13)15-5-4-14-9/h4-5,7-8H,3,6H2,1-2H3,(H2,13,15)(H,16,18). The average molecular weight is 263 g/mol. The minimum Gasteiger partial charge on any atom is -0.382 e. The van der Waals surface area contributed by atoms with Gasteiger partial charge in [0.25, 0.3) is 5.91 Å². The van der Waals surface area contributed by atoms with Crippen molar-refractivity contribution in [3.05, 3.63) is 18.1 Å². The molecular formula is C12H17N5O2. The number of aromatic nitrogens is 2. The molecule has 1 aliphatic rings. The van der Waals surface area contributed by atoms with Crippen molar-refractivity contribution in [2.24, 2.45) is 0 Å². The fourth-order valence-corrected chi connectivity index (χ4v) is 2.10. The van der Waals surface area contributed by atoms with Crippen molar-refractivity contribution in [1.82, 2.24) is 20.2 Å². The van der Waals surface area contributed by atoms with Crippen molar-refractivity contribution in [2.45, 2.75) is 32.4 Å². The van der Waals surface area contributed by atoms with Crippen molar-refractivity contribution < 1.29 is 9.59 Å². The van der Waals surface area contributed by atoms with Gasteiger partial charge in [-0.3, -0.25) is 9.59 Å². The van der Waals surface area contributed by atoms with Gasteiger partial charge in [0, 0.05) is 25.0 Å². The number of amides is 2. The molecule has 0 bridgehead atoms. The van der Waals surface area contributed by atoms with E-state index in [1.54, 1.807) is 4.90 Å². The maximum Gasteiger partial charge on any atom is 0.274 e. The van der Waals surface area contributed by atoms with Gasteiger partial charge in [-0.2, -0.15) is 0 Å². The van der Waals surface area contributed by atoms with Gasteiger partial charge in [-0.25, -0.2) is 9.97 Å². The third kappa shape index (κ3) is 2.64. The topological polar surface area (TPSA) is 101 Å². The number of hydrogen-bond acceptors (Lipinski definition) is 5. The first-order valence-electron chi connectivity index (χ1n) is 6.18. The molecule has 1 atom stereocenters. The summed E-state index contributed by atoms with van der Waals surface area (Å²) in [5, 5.41) is 2.66. The summed E-state index contributed by atoms with van der Waals surface area (Å²) in [5.41, 5.74) is 5.63. The molecule has 0 aliphatic carbocycles.